The molecule has 25 heavy (non-hydrogen) atoms. The number of nitrogens with zero attached hydrogens (tertiary/aromatic N) is 5. The highest BCUT2D eigenvalue weighted by molar-refractivity contribution is 5.72. The number of piperidine rings is 2. The maximum absolute atomic E-state index is 10.8. The van der Waals surface area contributed by atoms with Gasteiger partial charge in [0.1, 0.15) is 6.54 Å². The van der Waals surface area contributed by atoms with Crippen molar-refractivity contribution in [2.75, 3.05) is 47.8 Å². The third-order valence-corrected chi connectivity index (χ3v) is 4.65. The van der Waals surface area contributed by atoms with E-state index in [0.29, 0.717) is 11.9 Å². The molecule has 0 amide bonds. The number of nitrogens with one attached hydrogen (secondary N) is 1. The van der Waals surface area contributed by atoms with Gasteiger partial charge in [-0.15, -0.1) is 0 Å². The molecule has 2 fully saturated rings. The number of carboxylic acid groups (broad SMARTS) is 1. The monoisotopic (exact) mass is 350 g/mol. The van der Waals surface area contributed by atoms with Gasteiger partial charge in [-0.25, -0.2) is 0 Å². The zero-order valence-electron chi connectivity index (χ0n) is 14.3. The first-order chi connectivity index (χ1) is 12.0. The summed E-state index contributed by atoms with van der Waals surface area (Å²) in [6, 6.07) is 0.427. The fraction of sp³-hybridized carbons (Fsp3) is 0.733. The fourth-order valence-electron chi connectivity index (χ4n) is 3.07. The standard InChI is InChI=1S/C15H26N8O2/c16-10-1-5-22(6-2-10)14-19-13(18-9-12(24)25)20-15(21-14)23-7-3-11(17)4-8-23/h10-11H,1-9,16-17H2,(H,24,25)(H,18,19,20,21). The molecule has 2 aliphatic rings. The van der Waals surface area contributed by atoms with Crippen LogP contribution in [0, 0.1) is 0 Å². The first-order valence-corrected chi connectivity index (χ1v) is 8.74. The Kier molecular flexibility index (Phi) is 5.49. The van der Waals surface area contributed by atoms with Crippen molar-refractivity contribution in [3.63, 3.8) is 0 Å². The van der Waals surface area contributed by atoms with Crippen molar-refractivity contribution in [3.05, 3.63) is 0 Å². The molecule has 0 aromatic carbocycles. The summed E-state index contributed by atoms with van der Waals surface area (Å²) in [5.74, 6) is 0.461. The van der Waals surface area contributed by atoms with E-state index in [9.17, 15) is 4.79 Å². The molecule has 3 rings (SSSR count). The molecule has 3 heterocycles. The van der Waals surface area contributed by atoms with E-state index < -0.39 is 5.97 Å². The fourth-order valence-corrected chi connectivity index (χ4v) is 3.07. The number of hydrogen-bond acceptors (Lipinski definition) is 9. The van der Waals surface area contributed by atoms with Crippen LogP contribution in [0.4, 0.5) is 17.8 Å². The van der Waals surface area contributed by atoms with Gasteiger partial charge >= 0.3 is 5.97 Å². The highest BCUT2D eigenvalue weighted by Gasteiger charge is 2.23. The highest BCUT2D eigenvalue weighted by atomic mass is 16.4. The van der Waals surface area contributed by atoms with Crippen LogP contribution in [-0.2, 0) is 4.79 Å². The lowest BCUT2D eigenvalue weighted by Gasteiger charge is -2.33. The van der Waals surface area contributed by atoms with Crippen molar-refractivity contribution in [3.8, 4) is 0 Å². The Morgan fingerprint density at radius 2 is 1.40 bits per heavy atom. The molecule has 2 saturated heterocycles. The first-order valence-electron chi connectivity index (χ1n) is 8.74. The van der Waals surface area contributed by atoms with Crippen molar-refractivity contribution in [2.24, 2.45) is 11.5 Å². The summed E-state index contributed by atoms with van der Waals surface area (Å²) in [4.78, 5) is 28.4. The number of carbonyl (C=O) groups is 1. The van der Waals surface area contributed by atoms with Crippen LogP contribution >= 0.6 is 0 Å². The van der Waals surface area contributed by atoms with Gasteiger partial charge in [0.2, 0.25) is 17.8 Å². The van der Waals surface area contributed by atoms with Gasteiger partial charge in [0.25, 0.3) is 0 Å². The quantitative estimate of drug-likeness (QED) is 0.533. The van der Waals surface area contributed by atoms with Crippen LogP contribution in [0.2, 0.25) is 0 Å². The summed E-state index contributed by atoms with van der Waals surface area (Å²) in [7, 11) is 0. The lowest BCUT2D eigenvalue weighted by atomic mass is 10.1. The lowest BCUT2D eigenvalue weighted by Crippen LogP contribution is -2.42. The Labute approximate surface area is 146 Å². The van der Waals surface area contributed by atoms with Crippen molar-refractivity contribution in [1.82, 2.24) is 15.0 Å². The molecule has 0 bridgehead atoms. The van der Waals surface area contributed by atoms with Gasteiger partial charge in [-0.05, 0) is 25.7 Å². The molecule has 0 spiro atoms. The molecule has 10 nitrogen and oxygen atoms in total. The molecule has 2 aliphatic heterocycles. The summed E-state index contributed by atoms with van der Waals surface area (Å²) in [5.41, 5.74) is 11.9. The average molecular weight is 350 g/mol. The van der Waals surface area contributed by atoms with E-state index in [4.69, 9.17) is 16.6 Å². The zero-order valence-corrected chi connectivity index (χ0v) is 14.3. The van der Waals surface area contributed by atoms with Crippen molar-refractivity contribution < 1.29 is 9.90 Å². The summed E-state index contributed by atoms with van der Waals surface area (Å²) in [5, 5.41) is 11.6. The molecule has 0 saturated carbocycles. The van der Waals surface area contributed by atoms with Gasteiger partial charge in [-0.1, -0.05) is 0 Å². The molecule has 0 unspecified atom stereocenters. The molecule has 0 aliphatic carbocycles. The summed E-state index contributed by atoms with van der Waals surface area (Å²) < 4.78 is 0. The zero-order chi connectivity index (χ0) is 17.8. The van der Waals surface area contributed by atoms with Crippen LogP contribution in [0.3, 0.4) is 0 Å². The SMILES string of the molecule is NC1CCN(c2nc(NCC(=O)O)nc(N3CCC(N)CC3)n2)CC1. The molecular weight excluding hydrogens is 324 g/mol. The number of rotatable bonds is 5. The van der Waals surface area contributed by atoms with Crippen molar-refractivity contribution in [1.29, 1.82) is 0 Å². The number of carboxylic acids is 1. The van der Waals surface area contributed by atoms with Crippen LogP contribution in [0.25, 0.3) is 0 Å². The Balaban J connectivity index is 1.81. The van der Waals surface area contributed by atoms with Gasteiger partial charge in [0.15, 0.2) is 0 Å². The van der Waals surface area contributed by atoms with Crippen LogP contribution in [0.5, 0.6) is 0 Å². The summed E-state index contributed by atoms with van der Waals surface area (Å²) in [6.45, 7) is 2.90. The second-order valence-corrected chi connectivity index (χ2v) is 6.66. The number of aromatic nitrogens is 3. The van der Waals surface area contributed by atoms with Crippen LogP contribution in [0.15, 0.2) is 0 Å². The van der Waals surface area contributed by atoms with Crippen molar-refractivity contribution >= 4 is 23.8 Å². The molecule has 0 atom stereocenters. The van der Waals surface area contributed by atoms with Crippen LogP contribution < -0.4 is 26.6 Å². The Hall–Kier alpha value is -2.20. The van der Waals surface area contributed by atoms with Gasteiger partial charge in [-0.2, -0.15) is 15.0 Å². The number of nitrogens with two attached hydrogens (primary N) is 2. The van der Waals surface area contributed by atoms with Gasteiger partial charge in [0.05, 0.1) is 0 Å². The molecular formula is C15H26N8O2. The summed E-state index contributed by atoms with van der Waals surface area (Å²) >= 11 is 0. The lowest BCUT2D eigenvalue weighted by molar-refractivity contribution is -0.134. The number of aliphatic carboxylic acids is 1. The predicted molar refractivity (Wildman–Crippen MR) is 94.8 cm³/mol. The number of hydrogen-bond donors (Lipinski definition) is 4. The van der Waals surface area contributed by atoms with E-state index in [0.717, 1.165) is 51.9 Å². The topological polar surface area (TPSA) is 147 Å². The normalized spacial score (nSPS) is 19.9. The van der Waals surface area contributed by atoms with E-state index in [1.54, 1.807) is 0 Å². The van der Waals surface area contributed by atoms with Crippen molar-refractivity contribution in [2.45, 2.75) is 37.8 Å². The molecule has 10 heteroatoms. The second-order valence-electron chi connectivity index (χ2n) is 6.66. The van der Waals surface area contributed by atoms with Crippen LogP contribution in [0.1, 0.15) is 25.7 Å². The Morgan fingerprint density at radius 1 is 0.960 bits per heavy atom. The molecule has 138 valence electrons. The largest absolute Gasteiger partial charge is 0.480 e. The minimum absolute atomic E-state index is 0.214. The summed E-state index contributed by atoms with van der Waals surface area (Å²) in [6.07, 6.45) is 3.55. The van der Waals surface area contributed by atoms with Gasteiger partial charge < -0.3 is 31.7 Å². The third-order valence-electron chi connectivity index (χ3n) is 4.65. The van der Waals surface area contributed by atoms with E-state index in [1.807, 2.05) is 0 Å². The van der Waals surface area contributed by atoms with Crippen LogP contribution in [-0.4, -0.2) is 70.8 Å². The van der Waals surface area contributed by atoms with E-state index in [-0.39, 0.29) is 24.6 Å². The maximum atomic E-state index is 10.8. The maximum Gasteiger partial charge on any atom is 0.322 e. The Bertz CT molecular complexity index is 557. The molecule has 1 aromatic rings. The molecule has 6 N–H and O–H groups in total. The van der Waals surface area contributed by atoms with E-state index in [1.165, 1.54) is 0 Å². The minimum atomic E-state index is -0.962. The number of anilines is 3. The molecule has 0 radical (unpaired) electrons. The minimum Gasteiger partial charge on any atom is -0.480 e. The third kappa shape index (κ3) is 4.67. The van der Waals surface area contributed by atoms with Gasteiger partial charge in [0, 0.05) is 38.3 Å². The van der Waals surface area contributed by atoms with Gasteiger partial charge in [-0.3, -0.25) is 4.79 Å². The van der Waals surface area contributed by atoms with E-state index >= 15 is 0 Å². The van der Waals surface area contributed by atoms with E-state index in [2.05, 4.69) is 30.1 Å². The smallest absolute Gasteiger partial charge is 0.322 e. The Morgan fingerprint density at radius 3 is 1.80 bits per heavy atom. The first kappa shape index (κ1) is 17.6. The average Bonchev–Trinajstić information content (AvgIpc) is 2.61. The predicted octanol–water partition coefficient (Wildman–Crippen LogP) is -0.777. The molecule has 1 aromatic heterocycles. The highest BCUT2D eigenvalue weighted by Crippen LogP contribution is 2.22. The second kappa shape index (κ2) is 7.79.